The molecule has 1 aliphatic carbocycles. The Kier molecular flexibility index (Phi) is 3.66. The summed E-state index contributed by atoms with van der Waals surface area (Å²) in [4.78, 5) is 0. The van der Waals surface area contributed by atoms with Crippen molar-refractivity contribution in [3.8, 4) is 0 Å². The third kappa shape index (κ3) is 2.42. The molecule has 1 aliphatic rings. The molecule has 3 rings (SSSR count). The molecule has 1 aromatic heterocycles. The third-order valence-corrected chi connectivity index (χ3v) is 5.41. The number of halogens is 2. The SMILES string of the molecule is CCn1nc(C)c(Br)c1CC1(N)CCc2cc(F)ccc21. The van der Waals surface area contributed by atoms with E-state index in [1.54, 1.807) is 6.07 Å². The lowest BCUT2D eigenvalue weighted by molar-refractivity contribution is 0.419. The van der Waals surface area contributed by atoms with Crippen LogP contribution in [0.4, 0.5) is 4.39 Å². The summed E-state index contributed by atoms with van der Waals surface area (Å²) in [5, 5.41) is 4.53. The minimum Gasteiger partial charge on any atom is -0.321 e. The Hall–Kier alpha value is -1.20. The number of fused-ring (bicyclic) bond motifs is 1. The summed E-state index contributed by atoms with van der Waals surface area (Å²) < 4.78 is 16.4. The van der Waals surface area contributed by atoms with Gasteiger partial charge < -0.3 is 5.73 Å². The summed E-state index contributed by atoms with van der Waals surface area (Å²) in [7, 11) is 0. The molecule has 1 unspecified atom stereocenters. The summed E-state index contributed by atoms with van der Waals surface area (Å²) in [5.74, 6) is -0.186. The van der Waals surface area contributed by atoms with E-state index in [0.29, 0.717) is 6.42 Å². The number of rotatable bonds is 3. The monoisotopic (exact) mass is 351 g/mol. The maximum absolute atomic E-state index is 13.4. The second-order valence-electron chi connectivity index (χ2n) is 5.80. The molecule has 3 nitrogen and oxygen atoms in total. The first-order valence-electron chi connectivity index (χ1n) is 7.24. The highest BCUT2D eigenvalue weighted by Crippen LogP contribution is 2.39. The van der Waals surface area contributed by atoms with E-state index in [1.807, 2.05) is 17.7 Å². The van der Waals surface area contributed by atoms with Crippen LogP contribution in [-0.2, 0) is 24.9 Å². The smallest absolute Gasteiger partial charge is 0.123 e. The number of nitrogens with zero attached hydrogens (tertiary/aromatic N) is 2. The van der Waals surface area contributed by atoms with Gasteiger partial charge in [-0.3, -0.25) is 4.68 Å². The zero-order valence-electron chi connectivity index (χ0n) is 12.3. The number of aromatic nitrogens is 2. The van der Waals surface area contributed by atoms with Gasteiger partial charge >= 0.3 is 0 Å². The van der Waals surface area contributed by atoms with Crippen LogP contribution in [0.5, 0.6) is 0 Å². The Bertz CT molecular complexity index is 695. The van der Waals surface area contributed by atoms with Crippen molar-refractivity contribution in [3.05, 3.63) is 51.0 Å². The van der Waals surface area contributed by atoms with Crippen LogP contribution in [0.15, 0.2) is 22.7 Å². The quantitative estimate of drug-likeness (QED) is 0.920. The molecule has 0 saturated heterocycles. The van der Waals surface area contributed by atoms with Crippen molar-refractivity contribution in [1.29, 1.82) is 0 Å². The molecule has 0 saturated carbocycles. The largest absolute Gasteiger partial charge is 0.321 e. The number of aryl methyl sites for hydroxylation is 3. The number of hydrogen-bond donors (Lipinski definition) is 1. The normalized spacial score (nSPS) is 20.8. The van der Waals surface area contributed by atoms with Gasteiger partial charge in [0.15, 0.2) is 0 Å². The fourth-order valence-corrected chi connectivity index (χ4v) is 3.69. The van der Waals surface area contributed by atoms with Gasteiger partial charge in [-0.15, -0.1) is 0 Å². The summed E-state index contributed by atoms with van der Waals surface area (Å²) in [6, 6.07) is 4.95. The second-order valence-corrected chi connectivity index (χ2v) is 6.59. The van der Waals surface area contributed by atoms with Crippen LogP contribution in [0.3, 0.4) is 0 Å². The third-order valence-electron chi connectivity index (χ3n) is 4.38. The van der Waals surface area contributed by atoms with Gasteiger partial charge in [0.2, 0.25) is 0 Å². The summed E-state index contributed by atoms with van der Waals surface area (Å²) in [6.45, 7) is 4.87. The lowest BCUT2D eigenvalue weighted by Gasteiger charge is -2.26. The first-order valence-corrected chi connectivity index (χ1v) is 8.03. The van der Waals surface area contributed by atoms with Gasteiger partial charge in [-0.25, -0.2) is 4.39 Å². The fourth-order valence-electron chi connectivity index (χ4n) is 3.27. The van der Waals surface area contributed by atoms with E-state index in [4.69, 9.17) is 5.73 Å². The molecule has 112 valence electrons. The molecule has 2 aromatic rings. The number of nitrogens with two attached hydrogens (primary N) is 1. The molecule has 0 aliphatic heterocycles. The van der Waals surface area contributed by atoms with Gasteiger partial charge in [-0.2, -0.15) is 5.10 Å². The Morgan fingerprint density at radius 1 is 1.48 bits per heavy atom. The van der Waals surface area contributed by atoms with Crippen LogP contribution in [-0.4, -0.2) is 9.78 Å². The van der Waals surface area contributed by atoms with Crippen LogP contribution in [0, 0.1) is 12.7 Å². The first-order chi connectivity index (χ1) is 9.94. The van der Waals surface area contributed by atoms with E-state index in [0.717, 1.165) is 46.4 Å². The molecule has 2 N–H and O–H groups in total. The van der Waals surface area contributed by atoms with Gasteiger partial charge in [0, 0.05) is 18.5 Å². The van der Waals surface area contributed by atoms with Gasteiger partial charge in [-0.1, -0.05) is 6.07 Å². The van der Waals surface area contributed by atoms with Crippen LogP contribution in [0.1, 0.15) is 35.9 Å². The first kappa shape index (κ1) is 14.7. The predicted octanol–water partition coefficient (Wildman–Crippen LogP) is 3.46. The molecule has 1 aromatic carbocycles. The Morgan fingerprint density at radius 3 is 2.95 bits per heavy atom. The van der Waals surface area contributed by atoms with E-state index >= 15 is 0 Å². The van der Waals surface area contributed by atoms with E-state index in [1.165, 1.54) is 6.07 Å². The van der Waals surface area contributed by atoms with Gasteiger partial charge in [0.05, 0.1) is 15.9 Å². The molecule has 0 fully saturated rings. The van der Waals surface area contributed by atoms with E-state index < -0.39 is 5.54 Å². The van der Waals surface area contributed by atoms with Gasteiger partial charge in [-0.05, 0) is 65.9 Å². The molecule has 0 spiro atoms. The van der Waals surface area contributed by atoms with Gasteiger partial charge in [0.1, 0.15) is 5.82 Å². The zero-order valence-corrected chi connectivity index (χ0v) is 13.9. The summed E-state index contributed by atoms with van der Waals surface area (Å²) in [6.07, 6.45) is 2.38. The van der Waals surface area contributed by atoms with Crippen molar-refractivity contribution in [2.45, 2.75) is 45.2 Å². The standard InChI is InChI=1S/C16H19BrFN3/c1-3-21-14(15(17)10(2)20-21)9-16(19)7-6-11-8-12(18)4-5-13(11)16/h4-5,8H,3,6-7,9,19H2,1-2H3. The second kappa shape index (κ2) is 5.21. The Morgan fingerprint density at radius 2 is 2.24 bits per heavy atom. The van der Waals surface area contributed by atoms with Crippen LogP contribution in [0.25, 0.3) is 0 Å². The highest BCUT2D eigenvalue weighted by Gasteiger charge is 2.37. The van der Waals surface area contributed by atoms with E-state index in [9.17, 15) is 4.39 Å². The molecule has 1 atom stereocenters. The molecular formula is C16H19BrFN3. The molecule has 0 radical (unpaired) electrons. The lowest BCUT2D eigenvalue weighted by Crippen LogP contribution is -2.37. The average molecular weight is 352 g/mol. The van der Waals surface area contributed by atoms with Crippen molar-refractivity contribution in [2.24, 2.45) is 5.73 Å². The number of hydrogen-bond acceptors (Lipinski definition) is 2. The minimum atomic E-state index is -0.440. The highest BCUT2D eigenvalue weighted by molar-refractivity contribution is 9.10. The van der Waals surface area contributed by atoms with Crippen LogP contribution in [0.2, 0.25) is 0 Å². The highest BCUT2D eigenvalue weighted by atomic mass is 79.9. The molecular weight excluding hydrogens is 333 g/mol. The van der Waals surface area contributed by atoms with Crippen molar-refractivity contribution >= 4 is 15.9 Å². The maximum Gasteiger partial charge on any atom is 0.123 e. The van der Waals surface area contributed by atoms with Crippen molar-refractivity contribution < 1.29 is 4.39 Å². The van der Waals surface area contributed by atoms with Crippen LogP contribution < -0.4 is 5.73 Å². The van der Waals surface area contributed by atoms with E-state index in [-0.39, 0.29) is 5.82 Å². The van der Waals surface area contributed by atoms with Crippen molar-refractivity contribution in [2.75, 3.05) is 0 Å². The number of benzene rings is 1. The molecule has 0 bridgehead atoms. The molecule has 0 amide bonds. The maximum atomic E-state index is 13.4. The van der Waals surface area contributed by atoms with Crippen LogP contribution >= 0.6 is 15.9 Å². The fraction of sp³-hybridized carbons (Fsp3) is 0.438. The van der Waals surface area contributed by atoms with Gasteiger partial charge in [0.25, 0.3) is 0 Å². The summed E-state index contributed by atoms with van der Waals surface area (Å²) >= 11 is 3.63. The molecule has 1 heterocycles. The Balaban J connectivity index is 2.00. The topological polar surface area (TPSA) is 43.8 Å². The summed E-state index contributed by atoms with van der Waals surface area (Å²) in [5.41, 5.74) is 10.4. The molecule has 21 heavy (non-hydrogen) atoms. The molecule has 5 heteroatoms. The van der Waals surface area contributed by atoms with Crippen molar-refractivity contribution in [3.63, 3.8) is 0 Å². The average Bonchev–Trinajstić information content (AvgIpc) is 2.91. The van der Waals surface area contributed by atoms with Crippen molar-refractivity contribution in [1.82, 2.24) is 9.78 Å². The lowest BCUT2D eigenvalue weighted by atomic mass is 9.88. The minimum absolute atomic E-state index is 0.186. The Labute approximate surface area is 132 Å². The van der Waals surface area contributed by atoms with E-state index in [2.05, 4.69) is 28.0 Å². The zero-order chi connectivity index (χ0) is 15.2. The predicted molar refractivity (Wildman–Crippen MR) is 84.6 cm³/mol.